The lowest BCUT2D eigenvalue weighted by Crippen LogP contribution is -2.57. The van der Waals surface area contributed by atoms with Crippen molar-refractivity contribution in [2.45, 2.75) is 19.4 Å². The summed E-state index contributed by atoms with van der Waals surface area (Å²) in [6, 6.07) is 4.42. The molecule has 1 aliphatic rings. The number of amides is 2. The van der Waals surface area contributed by atoms with Gasteiger partial charge in [0.2, 0.25) is 5.91 Å². The zero-order chi connectivity index (χ0) is 15.6. The SMILES string of the molecule is Cc1cccc(C(=O)N2CCNC(=O)C2CC(=O)O)c1I. The van der Waals surface area contributed by atoms with Crippen LogP contribution in [0.4, 0.5) is 0 Å². The molecule has 0 aromatic heterocycles. The number of aryl methyl sites for hydroxylation is 1. The average Bonchev–Trinajstić information content (AvgIpc) is 2.43. The topological polar surface area (TPSA) is 86.7 Å². The molecule has 2 N–H and O–H groups in total. The van der Waals surface area contributed by atoms with Gasteiger partial charge in [0, 0.05) is 16.7 Å². The third kappa shape index (κ3) is 3.34. The highest BCUT2D eigenvalue weighted by atomic mass is 127. The van der Waals surface area contributed by atoms with Crippen LogP contribution in [0.2, 0.25) is 0 Å². The van der Waals surface area contributed by atoms with Crippen molar-refractivity contribution in [2.24, 2.45) is 0 Å². The monoisotopic (exact) mass is 402 g/mol. The van der Waals surface area contributed by atoms with E-state index in [4.69, 9.17) is 5.11 Å². The molecule has 21 heavy (non-hydrogen) atoms. The van der Waals surface area contributed by atoms with Crippen molar-refractivity contribution in [3.63, 3.8) is 0 Å². The van der Waals surface area contributed by atoms with Crippen molar-refractivity contribution in [3.05, 3.63) is 32.9 Å². The minimum atomic E-state index is -1.10. The van der Waals surface area contributed by atoms with E-state index in [1.54, 1.807) is 12.1 Å². The van der Waals surface area contributed by atoms with Crippen molar-refractivity contribution < 1.29 is 19.5 Å². The van der Waals surface area contributed by atoms with Crippen molar-refractivity contribution in [3.8, 4) is 0 Å². The van der Waals surface area contributed by atoms with E-state index >= 15 is 0 Å². The third-order valence-corrected chi connectivity index (χ3v) is 4.81. The maximum Gasteiger partial charge on any atom is 0.305 e. The highest BCUT2D eigenvalue weighted by molar-refractivity contribution is 14.1. The van der Waals surface area contributed by atoms with Gasteiger partial charge in [-0.15, -0.1) is 0 Å². The molecule has 1 saturated heterocycles. The van der Waals surface area contributed by atoms with Gasteiger partial charge in [0.15, 0.2) is 0 Å². The Morgan fingerprint density at radius 3 is 2.86 bits per heavy atom. The highest BCUT2D eigenvalue weighted by Gasteiger charge is 2.35. The lowest BCUT2D eigenvalue weighted by molar-refractivity contribution is -0.142. The second-order valence-corrected chi connectivity index (χ2v) is 5.92. The lowest BCUT2D eigenvalue weighted by atomic mass is 10.1. The molecule has 0 radical (unpaired) electrons. The first-order chi connectivity index (χ1) is 9.91. The number of hydrogen-bond donors (Lipinski definition) is 2. The van der Waals surface area contributed by atoms with Gasteiger partial charge >= 0.3 is 5.97 Å². The molecule has 0 aliphatic carbocycles. The maximum atomic E-state index is 12.7. The number of piperazine rings is 1. The molecule has 0 bridgehead atoms. The fourth-order valence-corrected chi connectivity index (χ4v) is 2.88. The van der Waals surface area contributed by atoms with Crippen LogP contribution in [-0.2, 0) is 9.59 Å². The van der Waals surface area contributed by atoms with Gasteiger partial charge in [0.1, 0.15) is 6.04 Å². The summed E-state index contributed by atoms with van der Waals surface area (Å²) in [5, 5.41) is 11.5. The zero-order valence-electron chi connectivity index (χ0n) is 11.4. The molecule has 6 nitrogen and oxygen atoms in total. The van der Waals surface area contributed by atoms with Crippen LogP contribution in [0.1, 0.15) is 22.3 Å². The van der Waals surface area contributed by atoms with Gasteiger partial charge in [-0.25, -0.2) is 0 Å². The standard InChI is InChI=1S/C14H15IN2O4/c1-8-3-2-4-9(12(8)15)14(21)17-6-5-16-13(20)10(17)7-11(18)19/h2-4,10H,5-7H2,1H3,(H,16,20)(H,18,19). The molecule has 7 heteroatoms. The number of carboxylic acid groups (broad SMARTS) is 1. The summed E-state index contributed by atoms with van der Waals surface area (Å²) in [6.07, 6.45) is -0.389. The molecule has 1 aromatic carbocycles. The molecular weight excluding hydrogens is 387 g/mol. The molecule has 0 saturated carbocycles. The summed E-state index contributed by atoms with van der Waals surface area (Å²) in [6.45, 7) is 2.55. The van der Waals surface area contributed by atoms with E-state index in [1.807, 2.05) is 13.0 Å². The minimum absolute atomic E-state index is 0.302. The highest BCUT2D eigenvalue weighted by Crippen LogP contribution is 2.21. The van der Waals surface area contributed by atoms with Gasteiger partial charge in [-0.1, -0.05) is 12.1 Å². The van der Waals surface area contributed by atoms with Gasteiger partial charge < -0.3 is 15.3 Å². The normalized spacial score (nSPS) is 18.3. The van der Waals surface area contributed by atoms with Gasteiger partial charge in [0.05, 0.1) is 12.0 Å². The summed E-state index contributed by atoms with van der Waals surface area (Å²) < 4.78 is 0.820. The summed E-state index contributed by atoms with van der Waals surface area (Å²) >= 11 is 2.09. The quantitative estimate of drug-likeness (QED) is 0.740. The molecule has 1 heterocycles. The number of carboxylic acids is 1. The van der Waals surface area contributed by atoms with Crippen LogP contribution in [0.3, 0.4) is 0 Å². The van der Waals surface area contributed by atoms with E-state index in [0.717, 1.165) is 9.13 Å². The van der Waals surface area contributed by atoms with Crippen molar-refractivity contribution in [1.82, 2.24) is 10.2 Å². The van der Waals surface area contributed by atoms with Crippen LogP contribution in [0, 0.1) is 10.5 Å². The van der Waals surface area contributed by atoms with Crippen LogP contribution < -0.4 is 5.32 Å². The van der Waals surface area contributed by atoms with Crippen molar-refractivity contribution in [2.75, 3.05) is 13.1 Å². The molecule has 0 spiro atoms. The Labute approximate surface area is 135 Å². The van der Waals surface area contributed by atoms with Gasteiger partial charge in [0.25, 0.3) is 5.91 Å². The summed E-state index contributed by atoms with van der Waals surface area (Å²) in [4.78, 5) is 36.8. The van der Waals surface area contributed by atoms with E-state index in [0.29, 0.717) is 18.7 Å². The third-order valence-electron chi connectivity index (χ3n) is 3.38. The molecule has 1 atom stereocenters. The Balaban J connectivity index is 2.32. The van der Waals surface area contributed by atoms with Crippen LogP contribution >= 0.6 is 22.6 Å². The molecule has 1 aliphatic heterocycles. The van der Waals surface area contributed by atoms with Crippen molar-refractivity contribution in [1.29, 1.82) is 0 Å². The first kappa shape index (κ1) is 15.7. The number of hydrogen-bond acceptors (Lipinski definition) is 3. The number of halogens is 1. The Hall–Kier alpha value is -1.64. The molecule has 1 unspecified atom stereocenters. The fourth-order valence-electron chi connectivity index (χ4n) is 2.29. The van der Waals surface area contributed by atoms with Crippen LogP contribution in [0.5, 0.6) is 0 Å². The van der Waals surface area contributed by atoms with Gasteiger partial charge in [-0.05, 0) is 41.1 Å². The molecule has 2 amide bonds. The van der Waals surface area contributed by atoms with Crippen LogP contribution in [0.15, 0.2) is 18.2 Å². The maximum absolute atomic E-state index is 12.7. The molecule has 2 rings (SSSR count). The Morgan fingerprint density at radius 1 is 1.48 bits per heavy atom. The number of aliphatic carboxylic acids is 1. The Kier molecular flexibility index (Phi) is 4.81. The largest absolute Gasteiger partial charge is 0.481 e. The second-order valence-electron chi connectivity index (χ2n) is 4.84. The van der Waals surface area contributed by atoms with E-state index in [2.05, 4.69) is 27.9 Å². The summed E-state index contributed by atoms with van der Waals surface area (Å²) in [7, 11) is 0. The number of carbonyl (C=O) groups is 3. The fraction of sp³-hybridized carbons (Fsp3) is 0.357. The van der Waals surface area contributed by atoms with E-state index < -0.39 is 17.9 Å². The van der Waals surface area contributed by atoms with Crippen LogP contribution in [-0.4, -0.2) is 46.9 Å². The zero-order valence-corrected chi connectivity index (χ0v) is 13.6. The molecular formula is C14H15IN2O4. The first-order valence-corrected chi connectivity index (χ1v) is 7.55. The lowest BCUT2D eigenvalue weighted by Gasteiger charge is -2.34. The first-order valence-electron chi connectivity index (χ1n) is 6.47. The van der Waals surface area contributed by atoms with Gasteiger partial charge in [-0.3, -0.25) is 14.4 Å². The smallest absolute Gasteiger partial charge is 0.305 e. The number of benzene rings is 1. The summed E-state index contributed by atoms with van der Waals surface area (Å²) in [5.41, 5.74) is 1.47. The number of carbonyl (C=O) groups excluding carboxylic acids is 2. The molecule has 112 valence electrons. The van der Waals surface area contributed by atoms with E-state index in [9.17, 15) is 14.4 Å². The van der Waals surface area contributed by atoms with E-state index in [-0.39, 0.29) is 12.3 Å². The number of nitrogens with one attached hydrogen (secondary N) is 1. The second kappa shape index (κ2) is 6.42. The summed E-state index contributed by atoms with van der Waals surface area (Å²) in [5.74, 6) is -1.82. The van der Waals surface area contributed by atoms with Gasteiger partial charge in [-0.2, -0.15) is 0 Å². The average molecular weight is 402 g/mol. The number of nitrogens with zero attached hydrogens (tertiary/aromatic N) is 1. The molecule has 1 aromatic rings. The Bertz CT molecular complexity index is 603. The predicted molar refractivity (Wildman–Crippen MR) is 84.0 cm³/mol. The number of rotatable bonds is 3. The Morgan fingerprint density at radius 2 is 2.19 bits per heavy atom. The van der Waals surface area contributed by atoms with Crippen molar-refractivity contribution >= 4 is 40.4 Å². The molecule has 1 fully saturated rings. The van der Waals surface area contributed by atoms with Crippen LogP contribution in [0.25, 0.3) is 0 Å². The predicted octanol–water partition coefficient (Wildman–Crippen LogP) is 1.01. The minimum Gasteiger partial charge on any atom is -0.481 e. The van der Waals surface area contributed by atoms with E-state index in [1.165, 1.54) is 4.90 Å².